The Hall–Kier alpha value is -1.13. The summed E-state index contributed by atoms with van der Waals surface area (Å²) in [5.41, 5.74) is 1.28. The molecule has 0 radical (unpaired) electrons. The maximum absolute atomic E-state index is 9.09. The molecule has 1 aromatic rings. The molecule has 0 aliphatic carbocycles. The minimum atomic E-state index is 0.314. The molecule has 1 unspecified atom stereocenters. The van der Waals surface area contributed by atoms with Crippen molar-refractivity contribution in [2.45, 2.75) is 13.0 Å². The first-order chi connectivity index (χ1) is 7.81. The molecule has 1 atom stereocenters. The van der Waals surface area contributed by atoms with Crippen LogP contribution in [0, 0.1) is 5.92 Å². The maximum atomic E-state index is 9.09. The van der Waals surface area contributed by atoms with Gasteiger partial charge in [-0.25, -0.2) is 4.98 Å². The molecule has 4 heteroatoms. The van der Waals surface area contributed by atoms with Gasteiger partial charge in [-0.2, -0.15) is 0 Å². The number of aliphatic hydroxyl groups is 1. The van der Waals surface area contributed by atoms with Crippen LogP contribution in [-0.4, -0.2) is 41.7 Å². The van der Waals surface area contributed by atoms with Gasteiger partial charge in [0.15, 0.2) is 0 Å². The number of aliphatic hydroxyl groups excluding tert-OH is 1. The van der Waals surface area contributed by atoms with Crippen LogP contribution in [0.5, 0.6) is 0 Å². The number of nitrogens with one attached hydrogen (secondary N) is 1. The zero-order valence-electron chi connectivity index (χ0n) is 9.69. The maximum Gasteiger partial charge on any atom is 0.125 e. The molecule has 2 N–H and O–H groups in total. The Morgan fingerprint density at radius 2 is 2.50 bits per heavy atom. The first-order valence-electron chi connectivity index (χ1n) is 5.77. The van der Waals surface area contributed by atoms with Crippen molar-refractivity contribution >= 4 is 5.82 Å². The fourth-order valence-electron chi connectivity index (χ4n) is 2.17. The Bertz CT molecular complexity index is 343. The Balaban J connectivity index is 1.94. The number of hydrogen-bond acceptors (Lipinski definition) is 4. The largest absolute Gasteiger partial charge is 0.396 e. The summed E-state index contributed by atoms with van der Waals surface area (Å²) in [5, 5.41) is 12.1. The van der Waals surface area contributed by atoms with E-state index >= 15 is 0 Å². The monoisotopic (exact) mass is 221 g/mol. The van der Waals surface area contributed by atoms with Crippen LogP contribution in [0.2, 0.25) is 0 Å². The fourth-order valence-corrected chi connectivity index (χ4v) is 2.17. The van der Waals surface area contributed by atoms with Gasteiger partial charge in [-0.15, -0.1) is 0 Å². The van der Waals surface area contributed by atoms with Crippen LogP contribution in [0.3, 0.4) is 0 Å². The lowest BCUT2D eigenvalue weighted by molar-refractivity contribution is 0.220. The van der Waals surface area contributed by atoms with Crippen molar-refractivity contribution < 1.29 is 5.11 Å². The second kappa shape index (κ2) is 5.27. The van der Waals surface area contributed by atoms with Gasteiger partial charge in [0.2, 0.25) is 0 Å². The van der Waals surface area contributed by atoms with E-state index in [0.717, 1.165) is 31.9 Å². The van der Waals surface area contributed by atoms with Gasteiger partial charge in [0.25, 0.3) is 0 Å². The van der Waals surface area contributed by atoms with Gasteiger partial charge in [0, 0.05) is 32.9 Å². The van der Waals surface area contributed by atoms with E-state index in [0.29, 0.717) is 12.5 Å². The third-order valence-corrected chi connectivity index (χ3v) is 3.11. The van der Waals surface area contributed by atoms with Crippen LogP contribution in [0.25, 0.3) is 0 Å². The number of pyridine rings is 1. The van der Waals surface area contributed by atoms with Crippen LogP contribution in [0.4, 0.5) is 5.82 Å². The van der Waals surface area contributed by atoms with Crippen LogP contribution >= 0.6 is 0 Å². The molecule has 2 heterocycles. The molecule has 1 saturated heterocycles. The molecule has 0 saturated carbocycles. The summed E-state index contributed by atoms with van der Waals surface area (Å²) in [4.78, 5) is 6.58. The third kappa shape index (κ3) is 2.71. The zero-order valence-corrected chi connectivity index (χ0v) is 9.69. The summed E-state index contributed by atoms with van der Waals surface area (Å²) in [7, 11) is 1.88. The molecule has 0 bridgehead atoms. The van der Waals surface area contributed by atoms with Gasteiger partial charge in [-0.3, -0.25) is 4.90 Å². The molecule has 1 aromatic heterocycles. The van der Waals surface area contributed by atoms with Gasteiger partial charge >= 0.3 is 0 Å². The molecule has 0 amide bonds. The highest BCUT2D eigenvalue weighted by atomic mass is 16.3. The van der Waals surface area contributed by atoms with Crippen molar-refractivity contribution in [3.63, 3.8) is 0 Å². The van der Waals surface area contributed by atoms with Crippen LogP contribution in [-0.2, 0) is 6.54 Å². The van der Waals surface area contributed by atoms with Gasteiger partial charge in [-0.1, -0.05) is 0 Å². The van der Waals surface area contributed by atoms with E-state index in [4.69, 9.17) is 5.11 Å². The molecule has 1 aliphatic heterocycles. The lowest BCUT2D eigenvalue weighted by Crippen LogP contribution is -2.21. The fraction of sp³-hybridized carbons (Fsp3) is 0.583. The van der Waals surface area contributed by atoms with E-state index in [1.807, 2.05) is 19.3 Å². The van der Waals surface area contributed by atoms with Crippen LogP contribution in [0.15, 0.2) is 18.3 Å². The molecule has 0 aromatic carbocycles. The van der Waals surface area contributed by atoms with Gasteiger partial charge < -0.3 is 10.4 Å². The second-order valence-corrected chi connectivity index (χ2v) is 4.37. The van der Waals surface area contributed by atoms with Crippen LogP contribution in [0.1, 0.15) is 12.0 Å². The standard InChI is InChI=1S/C12H19N3O/c1-13-12-6-10(2-4-14-12)7-15-5-3-11(8-15)9-16/h2,4,6,11,16H,3,5,7-9H2,1H3,(H,13,14). The van der Waals surface area contributed by atoms with Gasteiger partial charge in [0.05, 0.1) is 0 Å². The lowest BCUT2D eigenvalue weighted by atomic mass is 10.1. The lowest BCUT2D eigenvalue weighted by Gasteiger charge is -2.15. The third-order valence-electron chi connectivity index (χ3n) is 3.11. The highest BCUT2D eigenvalue weighted by Crippen LogP contribution is 2.18. The molecule has 4 nitrogen and oxygen atoms in total. The molecule has 1 aliphatic rings. The van der Waals surface area contributed by atoms with Crippen molar-refractivity contribution in [2.75, 3.05) is 32.1 Å². The number of aromatic nitrogens is 1. The van der Waals surface area contributed by atoms with Crippen molar-refractivity contribution in [3.05, 3.63) is 23.9 Å². The minimum Gasteiger partial charge on any atom is -0.396 e. The van der Waals surface area contributed by atoms with E-state index in [1.165, 1.54) is 5.56 Å². The summed E-state index contributed by atoms with van der Waals surface area (Å²) in [5.74, 6) is 1.38. The predicted octanol–water partition coefficient (Wildman–Crippen LogP) is 0.937. The van der Waals surface area contributed by atoms with E-state index < -0.39 is 0 Å². The quantitative estimate of drug-likeness (QED) is 0.794. The molecular formula is C12H19N3O. The van der Waals surface area contributed by atoms with E-state index in [9.17, 15) is 0 Å². The first-order valence-corrected chi connectivity index (χ1v) is 5.77. The average Bonchev–Trinajstić information content (AvgIpc) is 2.77. The van der Waals surface area contributed by atoms with E-state index in [1.54, 1.807) is 0 Å². The second-order valence-electron chi connectivity index (χ2n) is 4.37. The number of likely N-dealkylation sites (tertiary alicyclic amines) is 1. The van der Waals surface area contributed by atoms with Gasteiger partial charge in [-0.05, 0) is 36.6 Å². The van der Waals surface area contributed by atoms with Crippen molar-refractivity contribution in [3.8, 4) is 0 Å². The Morgan fingerprint density at radius 3 is 3.19 bits per heavy atom. The molecule has 1 fully saturated rings. The number of nitrogens with zero attached hydrogens (tertiary/aromatic N) is 2. The van der Waals surface area contributed by atoms with Crippen LogP contribution < -0.4 is 5.32 Å². The predicted molar refractivity (Wildman–Crippen MR) is 64.3 cm³/mol. The summed E-state index contributed by atoms with van der Waals surface area (Å²) in [6.07, 6.45) is 2.95. The molecule has 88 valence electrons. The highest BCUT2D eigenvalue weighted by Gasteiger charge is 2.21. The summed E-state index contributed by atoms with van der Waals surface area (Å²) in [6, 6.07) is 4.12. The topological polar surface area (TPSA) is 48.4 Å². The highest BCUT2D eigenvalue weighted by molar-refractivity contribution is 5.36. The number of hydrogen-bond donors (Lipinski definition) is 2. The average molecular weight is 221 g/mol. The van der Waals surface area contributed by atoms with Crippen molar-refractivity contribution in [2.24, 2.45) is 5.92 Å². The summed E-state index contributed by atoms with van der Waals surface area (Å²) in [6.45, 7) is 3.36. The zero-order chi connectivity index (χ0) is 11.4. The Labute approximate surface area is 96.3 Å². The van der Waals surface area contributed by atoms with Gasteiger partial charge in [0.1, 0.15) is 5.82 Å². The molecule has 16 heavy (non-hydrogen) atoms. The van der Waals surface area contributed by atoms with E-state index in [2.05, 4.69) is 21.3 Å². The normalized spacial score (nSPS) is 21.2. The SMILES string of the molecule is CNc1cc(CN2CCC(CO)C2)ccn1. The van der Waals surface area contributed by atoms with Crippen molar-refractivity contribution in [1.82, 2.24) is 9.88 Å². The molecule has 0 spiro atoms. The van der Waals surface area contributed by atoms with Crippen molar-refractivity contribution in [1.29, 1.82) is 0 Å². The number of rotatable bonds is 4. The summed E-state index contributed by atoms with van der Waals surface area (Å²) < 4.78 is 0. The number of anilines is 1. The summed E-state index contributed by atoms with van der Waals surface area (Å²) >= 11 is 0. The van der Waals surface area contributed by atoms with E-state index in [-0.39, 0.29) is 0 Å². The molecule has 2 rings (SSSR count). The Morgan fingerprint density at radius 1 is 1.62 bits per heavy atom. The Kier molecular flexibility index (Phi) is 3.74. The molecular weight excluding hydrogens is 202 g/mol. The first kappa shape index (κ1) is 11.4. The minimum absolute atomic E-state index is 0.314. The smallest absolute Gasteiger partial charge is 0.125 e.